The number of rotatable bonds is 3. The van der Waals surface area contributed by atoms with Gasteiger partial charge < -0.3 is 10.3 Å². The molecule has 0 bridgehead atoms. The topological polar surface area (TPSA) is 57.8 Å². The van der Waals surface area contributed by atoms with Crippen molar-refractivity contribution < 1.29 is 0 Å². The molecule has 94 valence electrons. The molecule has 0 spiro atoms. The molecular formula is C13H21N3O. The molecule has 0 saturated heterocycles. The third-order valence-electron chi connectivity index (χ3n) is 3.69. The summed E-state index contributed by atoms with van der Waals surface area (Å²) in [4.78, 5) is 17.9. The van der Waals surface area contributed by atoms with Crippen LogP contribution in [0.4, 0.5) is 5.82 Å². The first-order valence-electron chi connectivity index (χ1n) is 6.48. The van der Waals surface area contributed by atoms with Crippen LogP contribution in [0.5, 0.6) is 0 Å². The van der Waals surface area contributed by atoms with Gasteiger partial charge in [0.15, 0.2) is 0 Å². The normalized spacial score (nSPS) is 24.9. The minimum atomic E-state index is -0.0978. The lowest BCUT2D eigenvalue weighted by molar-refractivity contribution is 0.253. The van der Waals surface area contributed by atoms with Gasteiger partial charge in [-0.15, -0.1) is 0 Å². The molecule has 1 aromatic rings. The molecule has 17 heavy (non-hydrogen) atoms. The highest BCUT2D eigenvalue weighted by molar-refractivity contribution is 5.33. The minimum absolute atomic E-state index is 0.0978. The molecule has 2 rings (SSSR count). The number of aromatic nitrogens is 2. The zero-order valence-corrected chi connectivity index (χ0v) is 10.6. The average molecular weight is 235 g/mol. The van der Waals surface area contributed by atoms with E-state index in [2.05, 4.69) is 29.1 Å². The summed E-state index contributed by atoms with van der Waals surface area (Å²) in [6.45, 7) is 4.55. The van der Waals surface area contributed by atoms with Crippen molar-refractivity contribution in [2.24, 2.45) is 11.8 Å². The first-order chi connectivity index (χ1) is 8.16. The molecule has 0 aliphatic heterocycles. The number of H-pyrrole nitrogens is 1. The summed E-state index contributed by atoms with van der Waals surface area (Å²) in [6, 6.07) is 1.99. The monoisotopic (exact) mass is 235 g/mol. The number of nitrogens with zero attached hydrogens (tertiary/aromatic N) is 1. The van der Waals surface area contributed by atoms with E-state index in [0.29, 0.717) is 23.7 Å². The number of nitrogens with one attached hydrogen (secondary N) is 2. The molecular weight excluding hydrogens is 214 g/mol. The fourth-order valence-corrected chi connectivity index (χ4v) is 2.77. The smallest absolute Gasteiger partial charge is 0.252 e. The molecule has 0 amide bonds. The number of hydrogen-bond donors (Lipinski definition) is 2. The van der Waals surface area contributed by atoms with E-state index in [1.54, 1.807) is 0 Å². The van der Waals surface area contributed by atoms with Crippen molar-refractivity contribution in [3.05, 3.63) is 22.7 Å². The third kappa shape index (κ3) is 3.08. The Bertz CT molecular complexity index is 413. The Labute approximate surface area is 102 Å². The molecule has 1 heterocycles. The summed E-state index contributed by atoms with van der Waals surface area (Å²) < 4.78 is 0. The van der Waals surface area contributed by atoms with E-state index >= 15 is 0 Å². The van der Waals surface area contributed by atoms with E-state index in [4.69, 9.17) is 0 Å². The number of aromatic amines is 1. The fourth-order valence-electron chi connectivity index (χ4n) is 2.77. The van der Waals surface area contributed by atoms with Gasteiger partial charge in [-0.1, -0.05) is 26.7 Å². The van der Waals surface area contributed by atoms with Gasteiger partial charge in [-0.3, -0.25) is 4.79 Å². The van der Waals surface area contributed by atoms with Crippen LogP contribution in [0.1, 0.15) is 39.5 Å². The third-order valence-corrected chi connectivity index (χ3v) is 3.69. The minimum Gasteiger partial charge on any atom is -0.367 e. The standard InChI is InChI=1S/C13H21N3O/c1-9(2)10-5-3-4-6-11(10)16-12-7-13(17)15-8-14-12/h7-11H,3-6H2,1-2H3,(H2,14,15,16,17). The lowest BCUT2D eigenvalue weighted by Gasteiger charge is -2.35. The molecule has 1 aromatic heterocycles. The lowest BCUT2D eigenvalue weighted by atomic mass is 9.78. The predicted octanol–water partition coefficient (Wildman–Crippen LogP) is 2.40. The van der Waals surface area contributed by atoms with Gasteiger partial charge in [-0.05, 0) is 24.7 Å². The summed E-state index contributed by atoms with van der Waals surface area (Å²) >= 11 is 0. The van der Waals surface area contributed by atoms with Crippen LogP contribution < -0.4 is 10.9 Å². The maximum Gasteiger partial charge on any atom is 0.252 e. The second-order valence-corrected chi connectivity index (χ2v) is 5.24. The van der Waals surface area contributed by atoms with Crippen molar-refractivity contribution in [3.63, 3.8) is 0 Å². The van der Waals surface area contributed by atoms with Gasteiger partial charge in [0.1, 0.15) is 5.82 Å². The molecule has 2 atom stereocenters. The first-order valence-corrected chi connectivity index (χ1v) is 6.48. The van der Waals surface area contributed by atoms with Gasteiger partial charge in [-0.25, -0.2) is 4.98 Å². The van der Waals surface area contributed by atoms with Crippen molar-refractivity contribution in [3.8, 4) is 0 Å². The maximum atomic E-state index is 11.2. The van der Waals surface area contributed by atoms with Crippen molar-refractivity contribution in [2.45, 2.75) is 45.6 Å². The Kier molecular flexibility index (Phi) is 3.82. The van der Waals surface area contributed by atoms with Crippen LogP contribution in [-0.2, 0) is 0 Å². The molecule has 2 unspecified atom stereocenters. The first kappa shape index (κ1) is 12.1. The van der Waals surface area contributed by atoms with E-state index in [9.17, 15) is 4.79 Å². The van der Waals surface area contributed by atoms with Crippen LogP contribution in [0.25, 0.3) is 0 Å². The van der Waals surface area contributed by atoms with Gasteiger partial charge in [0, 0.05) is 12.1 Å². The lowest BCUT2D eigenvalue weighted by Crippen LogP contribution is -2.35. The molecule has 0 radical (unpaired) electrons. The van der Waals surface area contributed by atoms with E-state index in [0.717, 1.165) is 0 Å². The summed E-state index contributed by atoms with van der Waals surface area (Å²) in [7, 11) is 0. The Morgan fingerprint density at radius 3 is 2.88 bits per heavy atom. The van der Waals surface area contributed by atoms with Crippen LogP contribution in [0, 0.1) is 11.8 Å². The van der Waals surface area contributed by atoms with Crippen LogP contribution in [-0.4, -0.2) is 16.0 Å². The van der Waals surface area contributed by atoms with Gasteiger partial charge in [0.05, 0.1) is 6.33 Å². The number of anilines is 1. The van der Waals surface area contributed by atoms with Gasteiger partial charge in [0.2, 0.25) is 0 Å². The van der Waals surface area contributed by atoms with Crippen LogP contribution >= 0.6 is 0 Å². The predicted molar refractivity (Wildman–Crippen MR) is 69.1 cm³/mol. The fraction of sp³-hybridized carbons (Fsp3) is 0.692. The van der Waals surface area contributed by atoms with Crippen LogP contribution in [0.15, 0.2) is 17.2 Å². The van der Waals surface area contributed by atoms with Gasteiger partial charge in [0.25, 0.3) is 5.56 Å². The van der Waals surface area contributed by atoms with Gasteiger partial charge >= 0.3 is 0 Å². The van der Waals surface area contributed by atoms with Crippen molar-refractivity contribution in [1.29, 1.82) is 0 Å². The summed E-state index contributed by atoms with van der Waals surface area (Å²) in [5, 5.41) is 3.42. The van der Waals surface area contributed by atoms with Crippen molar-refractivity contribution >= 4 is 5.82 Å². The quantitative estimate of drug-likeness (QED) is 0.845. The van der Waals surface area contributed by atoms with E-state index in [1.165, 1.54) is 38.1 Å². The summed E-state index contributed by atoms with van der Waals surface area (Å²) in [6.07, 6.45) is 6.50. The summed E-state index contributed by atoms with van der Waals surface area (Å²) in [5.41, 5.74) is -0.0978. The van der Waals surface area contributed by atoms with Crippen molar-refractivity contribution in [2.75, 3.05) is 5.32 Å². The summed E-state index contributed by atoms with van der Waals surface area (Å²) in [5.74, 6) is 2.06. The Balaban J connectivity index is 2.08. The molecule has 1 aliphatic carbocycles. The molecule has 1 saturated carbocycles. The van der Waals surface area contributed by atoms with Crippen LogP contribution in [0.3, 0.4) is 0 Å². The van der Waals surface area contributed by atoms with Crippen LogP contribution in [0.2, 0.25) is 0 Å². The zero-order chi connectivity index (χ0) is 12.3. The maximum absolute atomic E-state index is 11.2. The Hall–Kier alpha value is -1.32. The second-order valence-electron chi connectivity index (χ2n) is 5.24. The highest BCUT2D eigenvalue weighted by Gasteiger charge is 2.27. The number of hydrogen-bond acceptors (Lipinski definition) is 3. The molecule has 2 N–H and O–H groups in total. The zero-order valence-electron chi connectivity index (χ0n) is 10.6. The SMILES string of the molecule is CC(C)C1CCCCC1Nc1cc(=O)[nH]cn1. The highest BCUT2D eigenvalue weighted by Crippen LogP contribution is 2.31. The Morgan fingerprint density at radius 2 is 2.18 bits per heavy atom. The highest BCUT2D eigenvalue weighted by atomic mass is 16.1. The molecule has 4 heteroatoms. The molecule has 0 aromatic carbocycles. The van der Waals surface area contributed by atoms with E-state index < -0.39 is 0 Å². The average Bonchev–Trinajstić information content (AvgIpc) is 2.29. The molecule has 1 fully saturated rings. The van der Waals surface area contributed by atoms with Gasteiger partial charge in [-0.2, -0.15) is 0 Å². The molecule has 1 aliphatic rings. The second kappa shape index (κ2) is 5.34. The largest absolute Gasteiger partial charge is 0.367 e. The van der Waals surface area contributed by atoms with E-state index in [-0.39, 0.29) is 5.56 Å². The van der Waals surface area contributed by atoms with E-state index in [1.807, 2.05) is 0 Å². The Morgan fingerprint density at radius 1 is 1.41 bits per heavy atom. The van der Waals surface area contributed by atoms with Crippen molar-refractivity contribution in [1.82, 2.24) is 9.97 Å². The molecule has 4 nitrogen and oxygen atoms in total.